The van der Waals surface area contributed by atoms with Crippen LogP contribution in [0, 0.1) is 5.92 Å². The lowest BCUT2D eigenvalue weighted by molar-refractivity contribution is 0.00752. The molecule has 1 fully saturated rings. The third kappa shape index (κ3) is 6.17. The normalized spacial score (nSPS) is 17.4. The SMILES string of the molecule is CN=C(NCc1ccc(OC)nc1)NCC(C(C)C)N1CCOCC1. The minimum Gasteiger partial charge on any atom is -0.481 e. The highest BCUT2D eigenvalue weighted by Crippen LogP contribution is 2.12. The summed E-state index contributed by atoms with van der Waals surface area (Å²) < 4.78 is 10.5. The van der Waals surface area contributed by atoms with E-state index in [9.17, 15) is 0 Å². The highest BCUT2D eigenvalue weighted by Gasteiger charge is 2.23. The van der Waals surface area contributed by atoms with Gasteiger partial charge < -0.3 is 20.1 Å². The number of rotatable bonds is 7. The third-order valence-corrected chi connectivity index (χ3v) is 4.45. The van der Waals surface area contributed by atoms with Gasteiger partial charge in [-0.1, -0.05) is 19.9 Å². The van der Waals surface area contributed by atoms with Gasteiger partial charge in [-0.15, -0.1) is 0 Å². The van der Waals surface area contributed by atoms with Crippen LogP contribution >= 0.6 is 0 Å². The molecule has 1 saturated heterocycles. The van der Waals surface area contributed by atoms with Crippen molar-refractivity contribution in [2.45, 2.75) is 26.4 Å². The largest absolute Gasteiger partial charge is 0.481 e. The molecular weight excluding hydrogens is 318 g/mol. The predicted octanol–water partition coefficient (Wildman–Crippen LogP) is 1.11. The lowest BCUT2D eigenvalue weighted by Crippen LogP contribution is -2.52. The molecule has 7 nitrogen and oxygen atoms in total. The van der Waals surface area contributed by atoms with Crippen molar-refractivity contribution in [1.29, 1.82) is 0 Å². The van der Waals surface area contributed by atoms with Gasteiger partial charge in [-0.05, 0) is 11.5 Å². The Kier molecular flexibility index (Phi) is 7.94. The number of nitrogens with zero attached hydrogens (tertiary/aromatic N) is 3. The van der Waals surface area contributed by atoms with E-state index in [0.29, 0.717) is 24.4 Å². The second kappa shape index (κ2) is 10.2. The molecule has 2 rings (SSSR count). The van der Waals surface area contributed by atoms with Crippen LogP contribution in [0.2, 0.25) is 0 Å². The first-order chi connectivity index (χ1) is 12.1. The van der Waals surface area contributed by atoms with Gasteiger partial charge in [0.15, 0.2) is 5.96 Å². The Morgan fingerprint density at radius 3 is 2.64 bits per heavy atom. The molecule has 2 N–H and O–H groups in total. The minimum absolute atomic E-state index is 0.463. The van der Waals surface area contributed by atoms with Gasteiger partial charge >= 0.3 is 0 Å². The summed E-state index contributed by atoms with van der Waals surface area (Å²) in [5.74, 6) is 1.99. The van der Waals surface area contributed by atoms with Crippen LogP contribution < -0.4 is 15.4 Å². The molecule has 0 radical (unpaired) electrons. The summed E-state index contributed by atoms with van der Waals surface area (Å²) in [5, 5.41) is 6.79. The first kappa shape index (κ1) is 19.5. The number of hydrogen-bond donors (Lipinski definition) is 2. The molecule has 1 aromatic rings. The number of methoxy groups -OCH3 is 1. The lowest BCUT2D eigenvalue weighted by atomic mass is 10.0. The van der Waals surface area contributed by atoms with Crippen LogP contribution in [0.3, 0.4) is 0 Å². The fourth-order valence-electron chi connectivity index (χ4n) is 2.94. The van der Waals surface area contributed by atoms with Crippen molar-refractivity contribution in [3.63, 3.8) is 0 Å². The molecule has 25 heavy (non-hydrogen) atoms. The van der Waals surface area contributed by atoms with Crippen LogP contribution in [0.4, 0.5) is 0 Å². The first-order valence-corrected chi connectivity index (χ1v) is 8.89. The summed E-state index contributed by atoms with van der Waals surface area (Å²) >= 11 is 0. The molecule has 1 aliphatic heterocycles. The Morgan fingerprint density at radius 2 is 2.08 bits per heavy atom. The van der Waals surface area contributed by atoms with E-state index in [-0.39, 0.29) is 0 Å². The molecule has 0 amide bonds. The molecule has 140 valence electrons. The number of morpholine rings is 1. The average molecular weight is 349 g/mol. The molecule has 1 aliphatic rings. The predicted molar refractivity (Wildman–Crippen MR) is 100 cm³/mol. The van der Waals surface area contributed by atoms with Gasteiger partial charge in [0.1, 0.15) is 0 Å². The fraction of sp³-hybridized carbons (Fsp3) is 0.667. The molecule has 0 bridgehead atoms. The van der Waals surface area contributed by atoms with Crippen molar-refractivity contribution in [2.24, 2.45) is 10.9 Å². The van der Waals surface area contributed by atoms with Crippen molar-refractivity contribution >= 4 is 5.96 Å². The topological polar surface area (TPSA) is 71.0 Å². The third-order valence-electron chi connectivity index (χ3n) is 4.45. The van der Waals surface area contributed by atoms with Gasteiger partial charge in [-0.2, -0.15) is 0 Å². The highest BCUT2D eigenvalue weighted by molar-refractivity contribution is 5.79. The molecule has 2 heterocycles. The van der Waals surface area contributed by atoms with Gasteiger partial charge in [-0.3, -0.25) is 9.89 Å². The maximum absolute atomic E-state index is 5.47. The number of aromatic nitrogens is 1. The zero-order valence-corrected chi connectivity index (χ0v) is 15.8. The molecule has 7 heteroatoms. The Hall–Kier alpha value is -1.86. The van der Waals surface area contributed by atoms with E-state index in [4.69, 9.17) is 9.47 Å². The number of aliphatic imine (C=N–C) groups is 1. The molecule has 0 aliphatic carbocycles. The second-order valence-corrected chi connectivity index (χ2v) is 6.48. The second-order valence-electron chi connectivity index (χ2n) is 6.48. The Labute approximate surface area is 150 Å². The molecule has 1 unspecified atom stereocenters. The van der Waals surface area contributed by atoms with Gasteiger partial charge in [0.05, 0.1) is 20.3 Å². The summed E-state index contributed by atoms with van der Waals surface area (Å²) in [6, 6.07) is 4.32. The van der Waals surface area contributed by atoms with Crippen LogP contribution in [0.5, 0.6) is 5.88 Å². The van der Waals surface area contributed by atoms with Crippen molar-refractivity contribution in [3.05, 3.63) is 23.9 Å². The summed E-state index contributed by atoms with van der Waals surface area (Å²) in [7, 11) is 3.41. The smallest absolute Gasteiger partial charge is 0.212 e. The summed E-state index contributed by atoms with van der Waals surface area (Å²) in [6.07, 6.45) is 1.81. The zero-order chi connectivity index (χ0) is 18.1. The van der Waals surface area contributed by atoms with E-state index >= 15 is 0 Å². The number of nitrogens with one attached hydrogen (secondary N) is 2. The highest BCUT2D eigenvalue weighted by atomic mass is 16.5. The van der Waals surface area contributed by atoms with Crippen LogP contribution in [-0.2, 0) is 11.3 Å². The maximum Gasteiger partial charge on any atom is 0.212 e. The van der Waals surface area contributed by atoms with Gasteiger partial charge in [-0.25, -0.2) is 4.98 Å². The Balaban J connectivity index is 1.83. The molecule has 0 saturated carbocycles. The quantitative estimate of drug-likeness (QED) is 0.568. The van der Waals surface area contributed by atoms with Crippen molar-refractivity contribution in [2.75, 3.05) is 47.0 Å². The zero-order valence-electron chi connectivity index (χ0n) is 15.8. The molecule has 0 aromatic carbocycles. The monoisotopic (exact) mass is 349 g/mol. The number of ether oxygens (including phenoxy) is 2. The van der Waals surface area contributed by atoms with E-state index in [1.165, 1.54) is 0 Å². The Morgan fingerprint density at radius 1 is 1.32 bits per heavy atom. The van der Waals surface area contributed by atoms with Gasteiger partial charge in [0.2, 0.25) is 5.88 Å². The average Bonchev–Trinajstić information content (AvgIpc) is 2.65. The maximum atomic E-state index is 5.47. The van der Waals surface area contributed by atoms with Gasteiger partial charge in [0, 0.05) is 51.5 Å². The van der Waals surface area contributed by atoms with E-state index < -0.39 is 0 Å². The minimum atomic E-state index is 0.463. The fourth-order valence-corrected chi connectivity index (χ4v) is 2.94. The first-order valence-electron chi connectivity index (χ1n) is 8.89. The summed E-state index contributed by atoms with van der Waals surface area (Å²) in [5.41, 5.74) is 1.08. The lowest BCUT2D eigenvalue weighted by Gasteiger charge is -2.37. The van der Waals surface area contributed by atoms with Crippen LogP contribution in [0.25, 0.3) is 0 Å². The van der Waals surface area contributed by atoms with E-state index in [1.54, 1.807) is 14.2 Å². The van der Waals surface area contributed by atoms with Gasteiger partial charge in [0.25, 0.3) is 0 Å². The van der Waals surface area contributed by atoms with E-state index in [1.807, 2.05) is 18.3 Å². The molecular formula is C18H31N5O2. The van der Waals surface area contributed by atoms with Crippen LogP contribution in [-0.4, -0.2) is 68.9 Å². The molecule has 1 aromatic heterocycles. The van der Waals surface area contributed by atoms with Crippen molar-refractivity contribution in [1.82, 2.24) is 20.5 Å². The van der Waals surface area contributed by atoms with E-state index in [2.05, 4.69) is 39.4 Å². The summed E-state index contributed by atoms with van der Waals surface area (Å²) in [6.45, 7) is 9.68. The van der Waals surface area contributed by atoms with Crippen molar-refractivity contribution in [3.8, 4) is 5.88 Å². The van der Waals surface area contributed by atoms with E-state index in [0.717, 1.165) is 44.4 Å². The van der Waals surface area contributed by atoms with Crippen LogP contribution in [0.1, 0.15) is 19.4 Å². The summed E-state index contributed by atoms with van der Waals surface area (Å²) in [4.78, 5) is 11.0. The molecule has 1 atom stereocenters. The Bertz CT molecular complexity index is 527. The number of hydrogen-bond acceptors (Lipinski definition) is 5. The van der Waals surface area contributed by atoms with Crippen LogP contribution in [0.15, 0.2) is 23.3 Å². The number of guanidine groups is 1. The van der Waals surface area contributed by atoms with Crippen molar-refractivity contribution < 1.29 is 9.47 Å². The number of pyridine rings is 1. The standard InChI is InChI=1S/C18H31N5O2/c1-14(2)16(23-7-9-25-10-8-23)13-22-18(19-3)21-12-15-5-6-17(24-4)20-11-15/h5-6,11,14,16H,7-10,12-13H2,1-4H3,(H2,19,21,22). The molecule has 0 spiro atoms.